The molecule has 0 spiro atoms. The molecule has 1 aliphatic heterocycles. The highest BCUT2D eigenvalue weighted by molar-refractivity contribution is 7.15. The summed E-state index contributed by atoms with van der Waals surface area (Å²) in [6.07, 6.45) is 12.6. The molecule has 0 radical (unpaired) electrons. The number of nitrogens with one attached hydrogen (secondary N) is 1. The molecule has 1 aliphatic carbocycles. The minimum Gasteiger partial charge on any atom is -0.475 e. The average molecular weight is 466 g/mol. The molecular weight excluding hydrogens is 434 g/mol. The van der Waals surface area contributed by atoms with Crippen LogP contribution in [-0.4, -0.2) is 44.5 Å². The fourth-order valence-corrected chi connectivity index (χ4v) is 5.75. The van der Waals surface area contributed by atoms with Gasteiger partial charge in [-0.05, 0) is 50.7 Å². The topological polar surface area (TPSA) is 72.3 Å². The smallest absolute Gasteiger partial charge is 0.246 e. The number of thiazole rings is 1. The number of amides is 1. The highest BCUT2D eigenvalue weighted by atomic mass is 32.1. The molecule has 7 nitrogen and oxygen atoms in total. The third-order valence-corrected chi connectivity index (χ3v) is 7.59. The highest BCUT2D eigenvalue weighted by Crippen LogP contribution is 2.33. The van der Waals surface area contributed by atoms with E-state index in [0.29, 0.717) is 12.5 Å². The van der Waals surface area contributed by atoms with Crippen molar-refractivity contribution in [2.24, 2.45) is 5.92 Å². The van der Waals surface area contributed by atoms with E-state index in [9.17, 15) is 4.79 Å². The van der Waals surface area contributed by atoms with Crippen LogP contribution < -0.4 is 10.1 Å². The zero-order chi connectivity index (χ0) is 22.8. The third-order valence-electron chi connectivity index (χ3n) is 6.77. The molecule has 4 heterocycles. The van der Waals surface area contributed by atoms with Gasteiger partial charge >= 0.3 is 0 Å². The molecule has 33 heavy (non-hydrogen) atoms. The highest BCUT2D eigenvalue weighted by Gasteiger charge is 2.28. The number of likely N-dealkylation sites (tertiary alicyclic amines) is 1. The van der Waals surface area contributed by atoms with Crippen LogP contribution in [-0.2, 0) is 11.3 Å². The van der Waals surface area contributed by atoms with Crippen LogP contribution in [0.2, 0.25) is 0 Å². The number of nitrogens with zero attached hydrogens (tertiary/aromatic N) is 4. The average Bonchev–Trinajstić information content (AvgIpc) is 3.61. The molecular formula is C25H31N5O2S. The number of rotatable bonds is 8. The largest absolute Gasteiger partial charge is 0.475 e. The summed E-state index contributed by atoms with van der Waals surface area (Å²) in [6.45, 7) is 7.88. The predicted molar refractivity (Wildman–Crippen MR) is 132 cm³/mol. The van der Waals surface area contributed by atoms with Gasteiger partial charge in [-0.2, -0.15) is 4.98 Å². The molecule has 2 aliphatic rings. The molecule has 3 aromatic heterocycles. The molecule has 0 bridgehead atoms. The first-order valence-corrected chi connectivity index (χ1v) is 12.7. The minimum absolute atomic E-state index is 0.0310. The summed E-state index contributed by atoms with van der Waals surface area (Å²) in [6, 6.07) is 4.24. The molecule has 1 N–H and O–H groups in total. The molecule has 1 saturated carbocycles. The van der Waals surface area contributed by atoms with Gasteiger partial charge in [-0.1, -0.05) is 19.4 Å². The van der Waals surface area contributed by atoms with Gasteiger partial charge in [0.05, 0.1) is 16.9 Å². The first-order valence-electron chi connectivity index (χ1n) is 11.9. The lowest BCUT2D eigenvalue weighted by Crippen LogP contribution is -2.38. The molecule has 5 rings (SSSR count). The van der Waals surface area contributed by atoms with Crippen molar-refractivity contribution >= 4 is 39.1 Å². The lowest BCUT2D eigenvalue weighted by molar-refractivity contribution is -0.127. The standard InChI is InChI=1S/C25H31N5O2S/c1-3-23(31)30-11-6-9-19(30)16-32-24-20-10-12-29(15-18-7-4-5-8-18)21(20)13-22(27-24)28-25-26-14-17(2)33-25/h3,10,12-14,18-19H,1,4-9,11,15-16H2,2H3,(H,26,27,28). The van der Waals surface area contributed by atoms with Gasteiger partial charge in [0.1, 0.15) is 12.4 Å². The van der Waals surface area contributed by atoms with E-state index in [4.69, 9.17) is 9.72 Å². The minimum atomic E-state index is -0.0310. The van der Waals surface area contributed by atoms with E-state index in [-0.39, 0.29) is 11.9 Å². The van der Waals surface area contributed by atoms with Gasteiger partial charge in [-0.3, -0.25) is 4.79 Å². The second kappa shape index (κ2) is 9.55. The number of hydrogen-bond donors (Lipinski definition) is 1. The fraction of sp³-hybridized carbons (Fsp3) is 0.480. The summed E-state index contributed by atoms with van der Waals surface area (Å²) in [7, 11) is 0. The lowest BCUT2D eigenvalue weighted by atomic mass is 10.1. The van der Waals surface area contributed by atoms with Crippen LogP contribution in [0.4, 0.5) is 10.9 Å². The number of ether oxygens (including phenoxy) is 1. The number of aryl methyl sites for hydroxylation is 1. The summed E-state index contributed by atoms with van der Waals surface area (Å²) in [5.41, 5.74) is 1.12. The Balaban J connectivity index is 1.43. The van der Waals surface area contributed by atoms with Gasteiger partial charge in [-0.15, -0.1) is 11.3 Å². The number of aromatic nitrogens is 3. The SMILES string of the molecule is C=CC(=O)N1CCCC1COc1nc(Nc2ncc(C)s2)cc2c1ccn2CC1CCCC1. The van der Waals surface area contributed by atoms with Crippen LogP contribution in [0.25, 0.3) is 10.9 Å². The van der Waals surface area contributed by atoms with Crippen LogP contribution >= 0.6 is 11.3 Å². The fourth-order valence-electron chi connectivity index (χ4n) is 5.08. The van der Waals surface area contributed by atoms with Crippen molar-refractivity contribution in [1.29, 1.82) is 0 Å². The Morgan fingerprint density at radius 3 is 2.94 bits per heavy atom. The van der Waals surface area contributed by atoms with Crippen molar-refractivity contribution in [3.63, 3.8) is 0 Å². The van der Waals surface area contributed by atoms with Gasteiger partial charge in [0.15, 0.2) is 5.13 Å². The van der Waals surface area contributed by atoms with Gasteiger partial charge in [0.2, 0.25) is 11.8 Å². The maximum atomic E-state index is 12.2. The lowest BCUT2D eigenvalue weighted by Gasteiger charge is -2.23. The van der Waals surface area contributed by atoms with Crippen LogP contribution in [0.3, 0.4) is 0 Å². The molecule has 1 amide bonds. The normalized spacial score (nSPS) is 18.8. The van der Waals surface area contributed by atoms with Crippen LogP contribution in [0.5, 0.6) is 5.88 Å². The van der Waals surface area contributed by atoms with Gasteiger partial charge < -0.3 is 19.5 Å². The quantitative estimate of drug-likeness (QED) is 0.458. The predicted octanol–water partition coefficient (Wildman–Crippen LogP) is 5.29. The van der Waals surface area contributed by atoms with E-state index in [2.05, 4.69) is 39.8 Å². The van der Waals surface area contributed by atoms with Crippen molar-refractivity contribution in [3.05, 3.63) is 42.1 Å². The molecule has 8 heteroatoms. The Bertz CT molecular complexity index is 1150. The number of anilines is 2. The second-order valence-corrected chi connectivity index (χ2v) is 10.3. The van der Waals surface area contributed by atoms with E-state index in [1.807, 2.05) is 18.0 Å². The first kappa shape index (κ1) is 21.9. The molecule has 174 valence electrons. The van der Waals surface area contributed by atoms with Crippen molar-refractivity contribution in [2.45, 2.75) is 58.0 Å². The Morgan fingerprint density at radius 1 is 1.33 bits per heavy atom. The van der Waals surface area contributed by atoms with Gasteiger partial charge in [0, 0.05) is 36.4 Å². The maximum absolute atomic E-state index is 12.2. The Morgan fingerprint density at radius 2 is 2.18 bits per heavy atom. The van der Waals surface area contributed by atoms with Crippen LogP contribution in [0, 0.1) is 12.8 Å². The number of pyridine rings is 1. The van der Waals surface area contributed by atoms with Gasteiger partial charge in [-0.25, -0.2) is 4.98 Å². The summed E-state index contributed by atoms with van der Waals surface area (Å²) in [5, 5.41) is 5.18. The van der Waals surface area contributed by atoms with Gasteiger partial charge in [0.25, 0.3) is 0 Å². The number of carbonyl (C=O) groups is 1. The maximum Gasteiger partial charge on any atom is 0.246 e. The summed E-state index contributed by atoms with van der Waals surface area (Å²) in [5.74, 6) is 2.03. The molecule has 0 aromatic carbocycles. The Hall–Kier alpha value is -2.87. The Labute approximate surface area is 198 Å². The molecule has 1 atom stereocenters. The van der Waals surface area contributed by atoms with Crippen LogP contribution in [0.15, 0.2) is 37.2 Å². The first-order chi connectivity index (χ1) is 16.1. The number of hydrogen-bond acceptors (Lipinski definition) is 6. The van der Waals surface area contributed by atoms with Crippen LogP contribution in [0.1, 0.15) is 43.4 Å². The van der Waals surface area contributed by atoms with E-state index >= 15 is 0 Å². The summed E-state index contributed by atoms with van der Waals surface area (Å²) < 4.78 is 8.62. The second-order valence-electron chi connectivity index (χ2n) is 9.11. The Kier molecular flexibility index (Phi) is 6.35. The third kappa shape index (κ3) is 4.76. The van der Waals surface area contributed by atoms with E-state index in [0.717, 1.165) is 58.6 Å². The van der Waals surface area contributed by atoms with Crippen molar-refractivity contribution < 1.29 is 9.53 Å². The number of fused-ring (bicyclic) bond motifs is 1. The molecule has 3 aromatic rings. The molecule has 2 fully saturated rings. The zero-order valence-electron chi connectivity index (χ0n) is 19.1. The van der Waals surface area contributed by atoms with Crippen molar-refractivity contribution in [2.75, 3.05) is 18.5 Å². The van der Waals surface area contributed by atoms with E-state index in [1.165, 1.54) is 31.8 Å². The molecule has 1 unspecified atom stereocenters. The number of carbonyl (C=O) groups excluding carboxylic acids is 1. The molecule has 1 saturated heterocycles. The van der Waals surface area contributed by atoms with E-state index < -0.39 is 0 Å². The van der Waals surface area contributed by atoms with E-state index in [1.54, 1.807) is 11.3 Å². The zero-order valence-corrected chi connectivity index (χ0v) is 19.9. The monoisotopic (exact) mass is 465 g/mol. The summed E-state index contributed by atoms with van der Waals surface area (Å²) >= 11 is 1.60. The van der Waals surface area contributed by atoms with Crippen molar-refractivity contribution in [1.82, 2.24) is 19.4 Å². The van der Waals surface area contributed by atoms with Crippen molar-refractivity contribution in [3.8, 4) is 5.88 Å². The summed E-state index contributed by atoms with van der Waals surface area (Å²) in [4.78, 5) is 24.4.